The lowest BCUT2D eigenvalue weighted by Crippen LogP contribution is -2.36. The quantitative estimate of drug-likeness (QED) is 0.147. The van der Waals surface area contributed by atoms with Crippen LogP contribution in [0.1, 0.15) is 33.8 Å². The van der Waals surface area contributed by atoms with Crippen molar-refractivity contribution in [1.82, 2.24) is 19.5 Å². The molecule has 1 atom stereocenters. The summed E-state index contributed by atoms with van der Waals surface area (Å²) in [5.41, 5.74) is 10.1. The maximum absolute atomic E-state index is 5.15. The molecule has 4 nitrogen and oxygen atoms in total. The molecule has 7 aromatic rings. The first kappa shape index (κ1) is 30.7. The molecule has 1 aliphatic rings. The third kappa shape index (κ3) is 4.50. The summed E-state index contributed by atoms with van der Waals surface area (Å²) in [4.78, 5) is 15.3. The highest BCUT2D eigenvalue weighted by atomic mass is 15.0. The minimum Gasteiger partial charge on any atom is -0.309 e. The fraction of sp³-hybridized carbons (Fsp3) is 0.0217. The van der Waals surface area contributed by atoms with Crippen LogP contribution in [0, 0.1) is 0 Å². The van der Waals surface area contributed by atoms with Gasteiger partial charge in [0.05, 0.1) is 22.3 Å². The Bertz CT molecular complexity index is 2430. The molecule has 8 rings (SSSR count). The molecule has 0 aliphatic carbocycles. The molecule has 0 fully saturated rings. The largest absolute Gasteiger partial charge is 0.309 e. The molecule has 0 bridgehead atoms. The summed E-state index contributed by atoms with van der Waals surface area (Å²) in [5.74, 6) is 1.68. The van der Waals surface area contributed by atoms with E-state index in [0.29, 0.717) is 17.5 Å². The molecule has 238 valence electrons. The molecule has 1 aliphatic heterocycles. The second-order valence-corrected chi connectivity index (χ2v) is 12.2. The molecule has 0 N–H and O–H groups in total. The predicted octanol–water partition coefficient (Wildman–Crippen LogP) is 10.9. The van der Waals surface area contributed by atoms with Crippen LogP contribution in [-0.2, 0) is 5.41 Å². The first-order valence-electron chi connectivity index (χ1n) is 16.6. The Balaban J connectivity index is 1.55. The van der Waals surface area contributed by atoms with Gasteiger partial charge in [-0.05, 0) is 34.4 Å². The van der Waals surface area contributed by atoms with E-state index in [4.69, 9.17) is 15.0 Å². The number of aromatic nitrogens is 4. The molecule has 0 saturated carbocycles. The highest BCUT2D eigenvalue weighted by Crippen LogP contribution is 2.55. The molecule has 4 heteroatoms. The normalized spacial score (nSPS) is 15.1. The van der Waals surface area contributed by atoms with Gasteiger partial charge in [0.25, 0.3) is 0 Å². The molecule has 0 radical (unpaired) electrons. The van der Waals surface area contributed by atoms with E-state index in [2.05, 4.69) is 104 Å². The molecule has 2 aromatic heterocycles. The number of fused-ring (bicyclic) bond motifs is 2. The van der Waals surface area contributed by atoms with Gasteiger partial charge >= 0.3 is 0 Å². The minimum absolute atomic E-state index is 0.516. The Kier molecular flexibility index (Phi) is 7.62. The lowest BCUT2D eigenvalue weighted by atomic mass is 9.61. The van der Waals surface area contributed by atoms with E-state index in [1.54, 1.807) is 0 Å². The van der Waals surface area contributed by atoms with Crippen molar-refractivity contribution in [3.8, 4) is 28.5 Å². The standard InChI is InChI=1S/C46H34N4/c1-5-34-36-27-20-29-39-42(36)50(40(34)8-4)41-30-19-18-28-38(41)46(39,33-25-16-11-17-26-33)37(7-3)35(6-2)45-48-43(31-21-12-9-13-22-31)47-44(49-45)32-23-14-10-15-24-32/h5-30H,1-4H2/b37-35-. The van der Waals surface area contributed by atoms with Gasteiger partial charge in [-0.15, -0.1) is 0 Å². The minimum atomic E-state index is -0.833. The monoisotopic (exact) mass is 642 g/mol. The predicted molar refractivity (Wildman–Crippen MR) is 208 cm³/mol. The van der Waals surface area contributed by atoms with Gasteiger partial charge < -0.3 is 4.57 Å². The molecule has 50 heavy (non-hydrogen) atoms. The Morgan fingerprint density at radius 1 is 0.560 bits per heavy atom. The van der Waals surface area contributed by atoms with Crippen LogP contribution < -0.4 is 0 Å². The molecule has 0 spiro atoms. The summed E-state index contributed by atoms with van der Waals surface area (Å²) in [6.45, 7) is 17.3. The number of allylic oxidation sites excluding steroid dienone is 4. The van der Waals surface area contributed by atoms with Gasteiger partial charge in [-0.25, -0.2) is 15.0 Å². The number of benzene rings is 5. The van der Waals surface area contributed by atoms with Crippen LogP contribution in [-0.4, -0.2) is 19.5 Å². The fourth-order valence-electron chi connectivity index (χ4n) is 7.64. The Labute approximate surface area is 292 Å². The van der Waals surface area contributed by atoms with Crippen LogP contribution in [0.4, 0.5) is 0 Å². The third-order valence-corrected chi connectivity index (χ3v) is 9.67. The van der Waals surface area contributed by atoms with Crippen LogP contribution in [0.2, 0.25) is 0 Å². The summed E-state index contributed by atoms with van der Waals surface area (Å²) in [7, 11) is 0. The first-order chi connectivity index (χ1) is 24.6. The average molecular weight is 643 g/mol. The van der Waals surface area contributed by atoms with E-state index in [9.17, 15) is 0 Å². The van der Waals surface area contributed by atoms with Crippen LogP contribution in [0.25, 0.3) is 57.1 Å². The zero-order chi connectivity index (χ0) is 34.2. The fourth-order valence-corrected chi connectivity index (χ4v) is 7.64. The molecule has 3 heterocycles. The van der Waals surface area contributed by atoms with Crippen molar-refractivity contribution in [3.05, 3.63) is 211 Å². The first-order valence-corrected chi connectivity index (χ1v) is 16.6. The molecule has 5 aromatic carbocycles. The zero-order valence-electron chi connectivity index (χ0n) is 27.6. The van der Waals surface area contributed by atoms with Gasteiger partial charge in [0.1, 0.15) is 0 Å². The van der Waals surface area contributed by atoms with Crippen LogP contribution in [0.3, 0.4) is 0 Å². The Hall–Kier alpha value is -6.65. The highest BCUT2D eigenvalue weighted by Gasteiger charge is 2.47. The van der Waals surface area contributed by atoms with Crippen molar-refractivity contribution in [2.24, 2.45) is 0 Å². The summed E-state index contributed by atoms with van der Waals surface area (Å²) in [6.07, 6.45) is 7.67. The van der Waals surface area contributed by atoms with E-state index >= 15 is 0 Å². The molecule has 0 amide bonds. The van der Waals surface area contributed by atoms with E-state index in [1.165, 1.54) is 0 Å². The van der Waals surface area contributed by atoms with Gasteiger partial charge in [0, 0.05) is 27.6 Å². The lowest BCUT2D eigenvalue weighted by Gasteiger charge is -2.43. The van der Waals surface area contributed by atoms with Crippen molar-refractivity contribution in [3.63, 3.8) is 0 Å². The maximum atomic E-state index is 5.15. The molecule has 0 saturated heterocycles. The molecular weight excluding hydrogens is 609 g/mol. The zero-order valence-corrected chi connectivity index (χ0v) is 27.6. The van der Waals surface area contributed by atoms with Gasteiger partial charge in [0.2, 0.25) is 0 Å². The number of hydrogen-bond acceptors (Lipinski definition) is 3. The van der Waals surface area contributed by atoms with E-state index < -0.39 is 5.41 Å². The number of hydrogen-bond donors (Lipinski definition) is 0. The van der Waals surface area contributed by atoms with Crippen LogP contribution >= 0.6 is 0 Å². The van der Waals surface area contributed by atoms with E-state index in [0.717, 1.165) is 66.8 Å². The number of rotatable bonds is 9. The smallest absolute Gasteiger partial charge is 0.164 e. The van der Waals surface area contributed by atoms with E-state index in [1.807, 2.05) is 85.0 Å². The van der Waals surface area contributed by atoms with E-state index in [-0.39, 0.29) is 0 Å². The van der Waals surface area contributed by atoms with Crippen molar-refractivity contribution in [1.29, 1.82) is 0 Å². The maximum Gasteiger partial charge on any atom is 0.164 e. The van der Waals surface area contributed by atoms with Crippen molar-refractivity contribution in [2.75, 3.05) is 0 Å². The summed E-state index contributed by atoms with van der Waals surface area (Å²) in [5, 5.41) is 1.10. The van der Waals surface area contributed by atoms with Gasteiger partial charge in [-0.1, -0.05) is 172 Å². The topological polar surface area (TPSA) is 43.6 Å². The van der Waals surface area contributed by atoms with Crippen molar-refractivity contribution < 1.29 is 0 Å². The highest BCUT2D eigenvalue weighted by molar-refractivity contribution is 6.01. The van der Waals surface area contributed by atoms with Crippen LogP contribution in [0.15, 0.2) is 178 Å². The Morgan fingerprint density at radius 3 is 1.72 bits per heavy atom. The lowest BCUT2D eigenvalue weighted by molar-refractivity contribution is 0.724. The van der Waals surface area contributed by atoms with Crippen molar-refractivity contribution in [2.45, 2.75) is 5.41 Å². The van der Waals surface area contributed by atoms with Gasteiger partial charge in [-0.2, -0.15) is 0 Å². The van der Waals surface area contributed by atoms with Crippen LogP contribution in [0.5, 0.6) is 0 Å². The third-order valence-electron chi connectivity index (χ3n) is 9.67. The summed E-state index contributed by atoms with van der Waals surface area (Å²) >= 11 is 0. The number of nitrogens with zero attached hydrogens (tertiary/aromatic N) is 4. The summed E-state index contributed by atoms with van der Waals surface area (Å²) in [6, 6.07) is 45.8. The van der Waals surface area contributed by atoms with Gasteiger partial charge in [0.15, 0.2) is 17.5 Å². The average Bonchev–Trinajstić information content (AvgIpc) is 3.53. The second-order valence-electron chi connectivity index (χ2n) is 12.2. The van der Waals surface area contributed by atoms with Crippen molar-refractivity contribution >= 4 is 28.6 Å². The molecular formula is C46H34N4. The summed E-state index contributed by atoms with van der Waals surface area (Å²) < 4.78 is 2.32. The SMILES string of the molecule is C=C/C(=C(\C=C)C1(c2ccccc2)c2ccccc2-n2c(C=C)c(C=C)c3cccc1c32)c1nc(-c2ccccc2)nc(-c2ccccc2)n1. The molecule has 1 unspecified atom stereocenters. The Morgan fingerprint density at radius 2 is 1.14 bits per heavy atom. The van der Waals surface area contributed by atoms with Gasteiger partial charge in [-0.3, -0.25) is 0 Å². The number of para-hydroxylation sites is 2. The second kappa shape index (κ2) is 12.4.